The zero-order valence-corrected chi connectivity index (χ0v) is 19.2. The molecule has 10 heteroatoms. The van der Waals surface area contributed by atoms with Crippen molar-refractivity contribution in [3.8, 4) is 0 Å². The second-order valence-electron chi connectivity index (χ2n) is 6.05. The molecule has 0 saturated carbocycles. The number of nitrogens with zero attached hydrogens (tertiary/aromatic N) is 3. The van der Waals surface area contributed by atoms with Crippen LogP contribution in [0.1, 0.15) is 28.8 Å². The molecular weight excluding hydrogens is 502 g/mol. The van der Waals surface area contributed by atoms with E-state index in [0.29, 0.717) is 17.5 Å². The number of hydrogen-bond acceptors (Lipinski definition) is 4. The fraction of sp³-hybridized carbons (Fsp3) is 0.444. The minimum absolute atomic E-state index is 0. The molecule has 0 amide bonds. The largest absolute Gasteiger partial charge is 0.434 e. The molecule has 0 atom stereocenters. The van der Waals surface area contributed by atoms with Gasteiger partial charge in [-0.25, -0.2) is 4.98 Å². The van der Waals surface area contributed by atoms with Crippen LogP contribution in [0.3, 0.4) is 0 Å². The van der Waals surface area contributed by atoms with E-state index >= 15 is 0 Å². The summed E-state index contributed by atoms with van der Waals surface area (Å²) >= 11 is 0.972. The van der Waals surface area contributed by atoms with Gasteiger partial charge in [0.1, 0.15) is 5.01 Å². The van der Waals surface area contributed by atoms with Crippen LogP contribution in [0.2, 0.25) is 0 Å². The second-order valence-corrected chi connectivity index (χ2v) is 7.00. The maximum absolute atomic E-state index is 12.6. The van der Waals surface area contributed by atoms with Crippen LogP contribution >= 0.6 is 35.3 Å². The van der Waals surface area contributed by atoms with Gasteiger partial charge in [-0.15, -0.1) is 35.3 Å². The van der Waals surface area contributed by atoms with Crippen molar-refractivity contribution >= 4 is 41.3 Å². The van der Waals surface area contributed by atoms with Crippen LogP contribution in [0.25, 0.3) is 0 Å². The Labute approximate surface area is 184 Å². The molecule has 0 unspecified atom stereocenters. The van der Waals surface area contributed by atoms with Crippen LogP contribution in [0, 0.1) is 0 Å². The first kappa shape index (κ1) is 24.6. The Morgan fingerprint density at radius 1 is 1.21 bits per heavy atom. The number of nitrogens with one attached hydrogen (secondary N) is 2. The van der Waals surface area contributed by atoms with Gasteiger partial charge in [0.15, 0.2) is 11.7 Å². The van der Waals surface area contributed by atoms with E-state index in [1.165, 1.54) is 5.56 Å². The lowest BCUT2D eigenvalue weighted by Crippen LogP contribution is -2.36. The maximum Gasteiger partial charge on any atom is 0.434 e. The van der Waals surface area contributed by atoms with E-state index < -0.39 is 11.9 Å². The molecule has 2 aromatic rings. The molecule has 2 N–H and O–H groups in total. The van der Waals surface area contributed by atoms with Crippen LogP contribution in [-0.2, 0) is 25.8 Å². The molecule has 1 aromatic carbocycles. The van der Waals surface area contributed by atoms with Crippen molar-refractivity contribution in [3.05, 3.63) is 51.5 Å². The third-order valence-electron chi connectivity index (χ3n) is 3.92. The van der Waals surface area contributed by atoms with Gasteiger partial charge in [-0.3, -0.25) is 4.99 Å². The number of benzene rings is 1. The first-order valence-corrected chi connectivity index (χ1v) is 9.42. The van der Waals surface area contributed by atoms with Crippen LogP contribution in [0.5, 0.6) is 0 Å². The quantitative estimate of drug-likeness (QED) is 0.324. The first-order valence-electron chi connectivity index (χ1n) is 8.54. The Bertz CT molecular complexity index is 764. The molecule has 156 valence electrons. The van der Waals surface area contributed by atoms with Gasteiger partial charge < -0.3 is 15.5 Å². The molecular formula is C18H25F3IN5S. The van der Waals surface area contributed by atoms with Crippen molar-refractivity contribution in [2.24, 2.45) is 4.99 Å². The van der Waals surface area contributed by atoms with Gasteiger partial charge in [-0.2, -0.15) is 13.2 Å². The van der Waals surface area contributed by atoms with E-state index in [2.05, 4.69) is 51.6 Å². The number of alkyl halides is 3. The molecule has 1 heterocycles. The minimum atomic E-state index is -4.41. The van der Waals surface area contributed by atoms with E-state index in [-0.39, 0.29) is 30.5 Å². The van der Waals surface area contributed by atoms with Gasteiger partial charge >= 0.3 is 6.18 Å². The third-order valence-corrected chi connectivity index (χ3v) is 4.77. The van der Waals surface area contributed by atoms with Crippen LogP contribution in [0.4, 0.5) is 13.2 Å². The number of halogens is 4. The minimum Gasteiger partial charge on any atom is -0.352 e. The molecule has 28 heavy (non-hydrogen) atoms. The van der Waals surface area contributed by atoms with Gasteiger partial charge in [0.25, 0.3) is 0 Å². The normalized spacial score (nSPS) is 12.0. The summed E-state index contributed by atoms with van der Waals surface area (Å²) in [6.07, 6.45) is -4.41. The van der Waals surface area contributed by atoms with Gasteiger partial charge in [0.05, 0.1) is 6.54 Å². The Morgan fingerprint density at radius 2 is 1.89 bits per heavy atom. The van der Waals surface area contributed by atoms with Crippen molar-refractivity contribution in [3.63, 3.8) is 0 Å². The zero-order valence-electron chi connectivity index (χ0n) is 16.0. The van der Waals surface area contributed by atoms with Crippen LogP contribution in [0.15, 0.2) is 34.6 Å². The molecule has 0 radical (unpaired) electrons. The summed E-state index contributed by atoms with van der Waals surface area (Å²) in [5.74, 6) is 0.509. The summed E-state index contributed by atoms with van der Waals surface area (Å²) in [4.78, 5) is 9.91. The summed E-state index contributed by atoms with van der Waals surface area (Å²) in [6.45, 7) is 4.71. The molecule has 0 aliphatic carbocycles. The van der Waals surface area contributed by atoms with Crippen LogP contribution in [-0.4, -0.2) is 36.5 Å². The van der Waals surface area contributed by atoms with Crippen molar-refractivity contribution in [2.75, 3.05) is 20.6 Å². The lowest BCUT2D eigenvalue weighted by Gasteiger charge is -2.15. The second kappa shape index (κ2) is 11.6. The molecule has 0 fully saturated rings. The van der Waals surface area contributed by atoms with E-state index in [1.807, 2.05) is 12.1 Å². The highest BCUT2D eigenvalue weighted by Crippen LogP contribution is 2.29. The molecule has 0 saturated heterocycles. The Morgan fingerprint density at radius 3 is 2.50 bits per heavy atom. The number of aromatic nitrogens is 1. The van der Waals surface area contributed by atoms with E-state index in [9.17, 15) is 13.2 Å². The summed E-state index contributed by atoms with van der Waals surface area (Å²) in [5, 5.41) is 7.53. The molecule has 0 spiro atoms. The van der Waals surface area contributed by atoms with E-state index in [1.54, 1.807) is 7.05 Å². The average molecular weight is 527 g/mol. The molecule has 5 nitrogen and oxygen atoms in total. The highest BCUT2D eigenvalue weighted by Gasteiger charge is 2.33. The monoisotopic (exact) mass is 527 g/mol. The first-order chi connectivity index (χ1) is 12.8. The molecule has 0 aliphatic heterocycles. The van der Waals surface area contributed by atoms with Gasteiger partial charge in [-0.1, -0.05) is 31.2 Å². The topological polar surface area (TPSA) is 52.5 Å². The fourth-order valence-electron chi connectivity index (χ4n) is 2.35. The van der Waals surface area contributed by atoms with Gasteiger partial charge in [0.2, 0.25) is 0 Å². The van der Waals surface area contributed by atoms with Crippen molar-refractivity contribution < 1.29 is 13.2 Å². The van der Waals surface area contributed by atoms with Crippen molar-refractivity contribution in [1.82, 2.24) is 20.5 Å². The lowest BCUT2D eigenvalue weighted by molar-refractivity contribution is -0.140. The number of aliphatic imine (C=N–C) groups is 1. The maximum atomic E-state index is 12.6. The van der Waals surface area contributed by atoms with E-state index in [4.69, 9.17) is 0 Å². The predicted octanol–water partition coefficient (Wildman–Crippen LogP) is 4.10. The molecule has 0 bridgehead atoms. The Hall–Kier alpha value is -1.40. The van der Waals surface area contributed by atoms with Gasteiger partial charge in [-0.05, 0) is 24.7 Å². The summed E-state index contributed by atoms with van der Waals surface area (Å²) in [6, 6.07) is 8.25. The average Bonchev–Trinajstić information content (AvgIpc) is 3.11. The van der Waals surface area contributed by atoms with Gasteiger partial charge in [0, 0.05) is 25.5 Å². The summed E-state index contributed by atoms with van der Waals surface area (Å²) in [7, 11) is 3.68. The SMILES string of the molecule is CCN(C)Cc1cccc(CNC(=NC)NCc2nc(C(F)(F)F)cs2)c1.I. The van der Waals surface area contributed by atoms with Crippen molar-refractivity contribution in [1.29, 1.82) is 0 Å². The van der Waals surface area contributed by atoms with Crippen molar-refractivity contribution in [2.45, 2.75) is 32.7 Å². The summed E-state index contributed by atoms with van der Waals surface area (Å²) < 4.78 is 37.8. The molecule has 0 aliphatic rings. The molecule has 2 rings (SSSR count). The molecule has 1 aromatic heterocycles. The Balaban J connectivity index is 0.00000392. The number of rotatable bonds is 7. The summed E-state index contributed by atoms with van der Waals surface area (Å²) in [5.41, 5.74) is 1.47. The highest BCUT2D eigenvalue weighted by molar-refractivity contribution is 14.0. The number of hydrogen-bond donors (Lipinski definition) is 2. The Kier molecular flexibility index (Phi) is 10.2. The highest BCUT2D eigenvalue weighted by atomic mass is 127. The fourth-order valence-corrected chi connectivity index (χ4v) is 3.09. The zero-order chi connectivity index (χ0) is 19.9. The van der Waals surface area contributed by atoms with E-state index in [0.717, 1.165) is 35.4 Å². The van der Waals surface area contributed by atoms with Crippen LogP contribution < -0.4 is 10.6 Å². The lowest BCUT2D eigenvalue weighted by atomic mass is 10.1. The number of thiazole rings is 1. The standard InChI is InChI=1S/C18H24F3N5S.HI/c1-4-26(3)11-14-7-5-6-13(8-14)9-23-17(22-2)24-10-16-25-15(12-27-16)18(19,20)21;/h5-8,12H,4,9-11H2,1-3H3,(H2,22,23,24);1H. The smallest absolute Gasteiger partial charge is 0.352 e. The number of guanidine groups is 1. The predicted molar refractivity (Wildman–Crippen MR) is 118 cm³/mol. The third kappa shape index (κ3) is 7.92.